The van der Waals surface area contributed by atoms with Gasteiger partial charge in [-0.2, -0.15) is 0 Å². The van der Waals surface area contributed by atoms with Crippen molar-refractivity contribution in [2.24, 2.45) is 5.92 Å². The number of amides is 1. The average molecular weight is 426 g/mol. The Morgan fingerprint density at radius 2 is 2.03 bits per heavy atom. The molecule has 4 rings (SSSR count). The van der Waals surface area contributed by atoms with Gasteiger partial charge in [-0.25, -0.2) is 9.59 Å². The summed E-state index contributed by atoms with van der Waals surface area (Å²) in [5.41, 5.74) is 0.962. The number of thiophene rings is 1. The van der Waals surface area contributed by atoms with Crippen LogP contribution >= 0.6 is 11.3 Å². The first-order valence-electron chi connectivity index (χ1n) is 10.0. The van der Waals surface area contributed by atoms with E-state index in [-0.39, 0.29) is 11.7 Å². The lowest BCUT2D eigenvalue weighted by Gasteiger charge is -2.18. The molecule has 1 N–H and O–H groups in total. The molecule has 1 amide bonds. The highest BCUT2D eigenvalue weighted by Crippen LogP contribution is 2.40. The van der Waals surface area contributed by atoms with Crippen LogP contribution in [0.15, 0.2) is 39.5 Å². The van der Waals surface area contributed by atoms with E-state index in [0.29, 0.717) is 27.5 Å². The Bertz CT molecular complexity index is 1190. The molecule has 0 radical (unpaired) electrons. The number of ether oxygens (including phenoxy) is 1. The van der Waals surface area contributed by atoms with Gasteiger partial charge in [0.1, 0.15) is 16.1 Å². The van der Waals surface area contributed by atoms with Crippen LogP contribution in [-0.2, 0) is 17.6 Å². The minimum atomic E-state index is -0.715. The van der Waals surface area contributed by atoms with Crippen molar-refractivity contribution < 1.29 is 18.7 Å². The first-order chi connectivity index (χ1) is 14.3. The maximum atomic E-state index is 12.9. The van der Waals surface area contributed by atoms with Crippen LogP contribution in [0.2, 0.25) is 0 Å². The summed E-state index contributed by atoms with van der Waals surface area (Å²) in [6.07, 6.45) is 2.33. The molecule has 0 saturated heterocycles. The van der Waals surface area contributed by atoms with Gasteiger partial charge in [0.25, 0.3) is 5.91 Å². The molecule has 6 nitrogen and oxygen atoms in total. The summed E-state index contributed by atoms with van der Waals surface area (Å²) in [4.78, 5) is 39.2. The van der Waals surface area contributed by atoms with Gasteiger partial charge >= 0.3 is 11.6 Å². The largest absolute Gasteiger partial charge is 0.459 e. The predicted octanol–water partition coefficient (Wildman–Crippen LogP) is 4.80. The predicted molar refractivity (Wildman–Crippen MR) is 116 cm³/mol. The molecule has 0 bridgehead atoms. The second kappa shape index (κ2) is 8.07. The normalized spacial score (nSPS) is 15.8. The summed E-state index contributed by atoms with van der Waals surface area (Å²) >= 11 is 1.39. The molecule has 7 heteroatoms. The van der Waals surface area contributed by atoms with Crippen molar-refractivity contribution in [1.29, 1.82) is 0 Å². The van der Waals surface area contributed by atoms with Gasteiger partial charge in [0.15, 0.2) is 0 Å². The van der Waals surface area contributed by atoms with Gasteiger partial charge in [0.2, 0.25) is 0 Å². The summed E-state index contributed by atoms with van der Waals surface area (Å²) < 4.78 is 10.7. The second-order valence-electron chi connectivity index (χ2n) is 7.95. The van der Waals surface area contributed by atoms with E-state index >= 15 is 0 Å². The third-order valence-electron chi connectivity index (χ3n) is 5.17. The average Bonchev–Trinajstić information content (AvgIpc) is 3.03. The molecule has 0 unspecified atom stereocenters. The minimum absolute atomic E-state index is 0.100. The SMILES string of the molecule is CC(C)OC(=O)c1c(NC(=O)c2cc3ccccc3oc2=O)sc2c1CC[C@@H](C)C2. The Morgan fingerprint density at radius 1 is 1.27 bits per heavy atom. The van der Waals surface area contributed by atoms with Crippen molar-refractivity contribution in [2.45, 2.75) is 46.1 Å². The van der Waals surface area contributed by atoms with E-state index in [0.717, 1.165) is 29.7 Å². The molecule has 1 atom stereocenters. The number of anilines is 1. The Hall–Kier alpha value is -2.93. The van der Waals surface area contributed by atoms with E-state index in [1.165, 1.54) is 17.4 Å². The Morgan fingerprint density at radius 3 is 2.80 bits per heavy atom. The number of para-hydroxylation sites is 1. The van der Waals surface area contributed by atoms with E-state index in [1.54, 1.807) is 38.1 Å². The number of hydrogen-bond acceptors (Lipinski definition) is 6. The molecule has 0 spiro atoms. The van der Waals surface area contributed by atoms with Gasteiger partial charge < -0.3 is 14.5 Å². The van der Waals surface area contributed by atoms with Crippen molar-refractivity contribution in [1.82, 2.24) is 0 Å². The fourth-order valence-electron chi connectivity index (χ4n) is 3.72. The number of esters is 1. The summed E-state index contributed by atoms with van der Waals surface area (Å²) in [6, 6.07) is 8.52. The van der Waals surface area contributed by atoms with E-state index in [4.69, 9.17) is 9.15 Å². The van der Waals surface area contributed by atoms with Crippen LogP contribution in [0.1, 0.15) is 58.3 Å². The Kier molecular flexibility index (Phi) is 5.47. The zero-order chi connectivity index (χ0) is 21.4. The summed E-state index contributed by atoms with van der Waals surface area (Å²) in [5.74, 6) is -0.529. The van der Waals surface area contributed by atoms with Crippen LogP contribution in [0, 0.1) is 5.92 Å². The molecule has 2 heterocycles. The molecular weight excluding hydrogens is 402 g/mol. The summed E-state index contributed by atoms with van der Waals surface area (Å²) in [7, 11) is 0. The first-order valence-corrected chi connectivity index (χ1v) is 10.8. The maximum absolute atomic E-state index is 12.9. The number of benzene rings is 1. The Balaban J connectivity index is 1.72. The second-order valence-corrected chi connectivity index (χ2v) is 9.05. The maximum Gasteiger partial charge on any atom is 0.349 e. The van der Waals surface area contributed by atoms with Crippen LogP contribution < -0.4 is 10.9 Å². The number of carbonyl (C=O) groups excluding carboxylic acids is 2. The lowest BCUT2D eigenvalue weighted by molar-refractivity contribution is 0.0378. The third kappa shape index (κ3) is 3.89. The number of carbonyl (C=O) groups is 2. The lowest BCUT2D eigenvalue weighted by Crippen LogP contribution is -2.22. The molecular formula is C23H23NO5S. The van der Waals surface area contributed by atoms with Crippen molar-refractivity contribution >= 4 is 39.2 Å². The highest BCUT2D eigenvalue weighted by molar-refractivity contribution is 7.17. The minimum Gasteiger partial charge on any atom is -0.459 e. The highest BCUT2D eigenvalue weighted by Gasteiger charge is 2.30. The summed E-state index contributed by atoms with van der Waals surface area (Å²) in [6.45, 7) is 5.75. The quantitative estimate of drug-likeness (QED) is 0.479. The van der Waals surface area contributed by atoms with E-state index < -0.39 is 17.5 Å². The van der Waals surface area contributed by atoms with Gasteiger partial charge in [0, 0.05) is 10.3 Å². The van der Waals surface area contributed by atoms with Crippen LogP contribution in [0.3, 0.4) is 0 Å². The fraction of sp³-hybridized carbons (Fsp3) is 0.348. The van der Waals surface area contributed by atoms with Crippen LogP contribution in [0.4, 0.5) is 5.00 Å². The zero-order valence-corrected chi connectivity index (χ0v) is 17.9. The molecule has 0 aliphatic heterocycles. The number of hydrogen-bond donors (Lipinski definition) is 1. The topological polar surface area (TPSA) is 85.6 Å². The zero-order valence-electron chi connectivity index (χ0n) is 17.1. The number of nitrogens with one attached hydrogen (secondary N) is 1. The molecule has 3 aromatic rings. The Labute approximate surface area is 177 Å². The standard InChI is InChI=1S/C23H23NO5S/c1-12(2)28-23(27)19-15-9-8-13(3)10-18(15)30-21(19)24-20(25)16-11-14-6-4-5-7-17(14)29-22(16)26/h4-7,11-13H,8-10H2,1-3H3,(H,24,25)/t13-/m1/s1. The highest BCUT2D eigenvalue weighted by atomic mass is 32.1. The van der Waals surface area contributed by atoms with E-state index in [2.05, 4.69) is 12.2 Å². The lowest BCUT2D eigenvalue weighted by atomic mass is 9.88. The number of fused-ring (bicyclic) bond motifs is 2. The van der Waals surface area contributed by atoms with Crippen molar-refractivity contribution in [3.8, 4) is 0 Å². The first kappa shape index (κ1) is 20.3. The summed E-state index contributed by atoms with van der Waals surface area (Å²) in [5, 5.41) is 3.86. The van der Waals surface area contributed by atoms with Gasteiger partial charge in [-0.15, -0.1) is 11.3 Å². The van der Waals surface area contributed by atoms with Crippen molar-refractivity contribution in [3.63, 3.8) is 0 Å². The van der Waals surface area contributed by atoms with Gasteiger partial charge in [0.05, 0.1) is 11.7 Å². The van der Waals surface area contributed by atoms with Gasteiger partial charge in [-0.1, -0.05) is 25.1 Å². The molecule has 0 saturated carbocycles. The third-order valence-corrected chi connectivity index (χ3v) is 6.34. The van der Waals surface area contributed by atoms with Gasteiger partial charge in [-0.05, 0) is 56.7 Å². The van der Waals surface area contributed by atoms with Gasteiger partial charge in [-0.3, -0.25) is 4.79 Å². The molecule has 30 heavy (non-hydrogen) atoms. The molecule has 1 aliphatic carbocycles. The van der Waals surface area contributed by atoms with Crippen LogP contribution in [-0.4, -0.2) is 18.0 Å². The molecule has 0 fully saturated rings. The van der Waals surface area contributed by atoms with Crippen LogP contribution in [0.5, 0.6) is 0 Å². The van der Waals surface area contributed by atoms with Crippen molar-refractivity contribution in [2.75, 3.05) is 5.32 Å². The monoisotopic (exact) mass is 425 g/mol. The molecule has 156 valence electrons. The molecule has 1 aromatic carbocycles. The smallest absolute Gasteiger partial charge is 0.349 e. The molecule has 1 aliphatic rings. The van der Waals surface area contributed by atoms with Crippen LogP contribution in [0.25, 0.3) is 11.0 Å². The van der Waals surface area contributed by atoms with Crippen molar-refractivity contribution in [3.05, 3.63) is 62.3 Å². The molecule has 2 aromatic heterocycles. The number of rotatable bonds is 4. The van der Waals surface area contributed by atoms with E-state index in [9.17, 15) is 14.4 Å². The van der Waals surface area contributed by atoms with E-state index in [1.807, 2.05) is 0 Å². The fourth-order valence-corrected chi connectivity index (χ4v) is 5.11.